The molecular formula is C9H20B3N3Si. The molecule has 0 saturated carbocycles. The van der Waals surface area contributed by atoms with Crippen LogP contribution in [0.2, 0.25) is 18.1 Å². The van der Waals surface area contributed by atoms with Gasteiger partial charge in [0, 0.05) is 0 Å². The first kappa shape index (κ1) is 13.6. The third-order valence-corrected chi connectivity index (χ3v) is 7.90. The molecule has 0 aromatic carbocycles. The Hall–Kier alpha value is -0.488. The second kappa shape index (κ2) is 6.96. The lowest BCUT2D eigenvalue weighted by Gasteiger charge is -2.43. The van der Waals surface area contributed by atoms with Gasteiger partial charge < -0.3 is 14.7 Å². The van der Waals surface area contributed by atoms with E-state index < -0.39 is 8.24 Å². The van der Waals surface area contributed by atoms with Crippen LogP contribution in [0.1, 0.15) is 0 Å². The number of nitrogens with one attached hydrogen (secondary N) is 2. The van der Waals surface area contributed by atoms with Gasteiger partial charge in [0.25, 0.3) is 22.6 Å². The molecule has 84 valence electrons. The van der Waals surface area contributed by atoms with Crippen LogP contribution in [-0.2, 0) is 0 Å². The van der Waals surface area contributed by atoms with Crippen LogP contribution in [0.4, 0.5) is 0 Å². The van der Waals surface area contributed by atoms with Gasteiger partial charge in [0.1, 0.15) is 8.24 Å². The molecule has 7 heteroatoms. The smallest absolute Gasteiger partial charge is 0.265 e. The number of hydrogen-bond acceptors (Lipinski definition) is 3. The molecule has 1 aliphatic heterocycles. The average Bonchev–Trinajstić information content (AvgIpc) is 2.31. The molecule has 0 atom stereocenters. The Morgan fingerprint density at radius 2 is 1.38 bits per heavy atom. The molecule has 0 bridgehead atoms. The molecular weight excluding hydrogens is 211 g/mol. The zero-order valence-electron chi connectivity index (χ0n) is 10.0. The first-order valence-electron chi connectivity index (χ1n) is 5.78. The monoisotopic (exact) mass is 231 g/mol. The van der Waals surface area contributed by atoms with Crippen molar-refractivity contribution in [3.63, 3.8) is 0 Å². The van der Waals surface area contributed by atoms with Crippen molar-refractivity contribution in [2.75, 3.05) is 0 Å². The Labute approximate surface area is 102 Å². The molecule has 1 aliphatic rings. The van der Waals surface area contributed by atoms with Crippen LogP contribution < -0.4 is 10.3 Å². The molecule has 0 aromatic rings. The minimum Gasteiger partial charge on any atom is -0.386 e. The summed E-state index contributed by atoms with van der Waals surface area (Å²) in [6.07, 6.45) is 6.15. The first-order valence-corrected chi connectivity index (χ1v) is 8.35. The quantitative estimate of drug-likeness (QED) is 0.468. The highest BCUT2D eigenvalue weighted by atomic mass is 28.3. The maximum absolute atomic E-state index is 3.90. The molecule has 2 N–H and O–H groups in total. The van der Waals surface area contributed by atoms with Crippen molar-refractivity contribution < 1.29 is 0 Å². The van der Waals surface area contributed by atoms with Gasteiger partial charge in [0.05, 0.1) is 0 Å². The van der Waals surface area contributed by atoms with Gasteiger partial charge in [-0.25, -0.2) is 0 Å². The van der Waals surface area contributed by atoms with Crippen molar-refractivity contribution in [2.45, 2.75) is 18.1 Å². The van der Waals surface area contributed by atoms with Crippen LogP contribution in [-0.4, -0.2) is 35.3 Å². The molecule has 0 spiro atoms. The largest absolute Gasteiger partial charge is 0.386 e. The third kappa shape index (κ3) is 3.25. The van der Waals surface area contributed by atoms with Gasteiger partial charge in [-0.3, -0.25) is 0 Å². The number of rotatable bonds is 7. The van der Waals surface area contributed by atoms with Crippen molar-refractivity contribution in [1.82, 2.24) is 14.7 Å². The van der Waals surface area contributed by atoms with Crippen molar-refractivity contribution in [3.8, 4) is 0 Å². The third-order valence-electron chi connectivity index (χ3n) is 3.10. The Balaban J connectivity index is 2.82. The van der Waals surface area contributed by atoms with Crippen LogP contribution in [0.5, 0.6) is 0 Å². The summed E-state index contributed by atoms with van der Waals surface area (Å²) < 4.78 is 2.54. The van der Waals surface area contributed by atoms with E-state index in [0.717, 1.165) is 40.8 Å². The Morgan fingerprint density at radius 1 is 0.938 bits per heavy atom. The summed E-state index contributed by atoms with van der Waals surface area (Å²) in [5, 5.41) is 6.72. The summed E-state index contributed by atoms with van der Waals surface area (Å²) in [4.78, 5) is 0. The van der Waals surface area contributed by atoms with Gasteiger partial charge in [-0.2, -0.15) is 0 Å². The van der Waals surface area contributed by atoms with Crippen LogP contribution in [0, 0.1) is 0 Å². The van der Waals surface area contributed by atoms with E-state index >= 15 is 0 Å². The van der Waals surface area contributed by atoms with Crippen LogP contribution in [0.15, 0.2) is 38.0 Å². The fourth-order valence-electron chi connectivity index (χ4n) is 2.30. The molecule has 1 fully saturated rings. The molecule has 16 heavy (non-hydrogen) atoms. The van der Waals surface area contributed by atoms with E-state index in [1.54, 1.807) is 0 Å². The maximum atomic E-state index is 3.90. The second-order valence-corrected chi connectivity index (χ2v) is 8.54. The highest BCUT2D eigenvalue weighted by Gasteiger charge is 2.37. The molecule has 1 saturated heterocycles. The summed E-state index contributed by atoms with van der Waals surface area (Å²) in [7, 11) is 1.29. The molecule has 0 amide bonds. The summed E-state index contributed by atoms with van der Waals surface area (Å²) in [6, 6.07) is 3.28. The molecule has 0 unspecified atom stereocenters. The predicted octanol–water partition coefficient (Wildman–Crippen LogP) is -0.216. The Morgan fingerprint density at radius 3 is 1.75 bits per heavy atom. The normalized spacial score (nSPS) is 16.5. The lowest BCUT2D eigenvalue weighted by atomic mass is 9.85. The average molecular weight is 231 g/mol. The maximum Gasteiger partial charge on any atom is 0.265 e. The lowest BCUT2D eigenvalue weighted by Crippen LogP contribution is -2.67. The molecule has 1 heterocycles. The van der Waals surface area contributed by atoms with Gasteiger partial charge in [-0.1, -0.05) is 18.2 Å². The summed E-state index contributed by atoms with van der Waals surface area (Å²) in [5.41, 5.74) is 0. The first-order chi connectivity index (χ1) is 7.79. The van der Waals surface area contributed by atoms with E-state index in [1.165, 1.54) is 0 Å². The summed E-state index contributed by atoms with van der Waals surface area (Å²) in [6.45, 7) is 11.7. The predicted molar refractivity (Wildman–Crippen MR) is 80.3 cm³/mol. The SMILES string of the molecule is C=CC[Si](CC=C)(CC=C)N1BNBNB1. The van der Waals surface area contributed by atoms with E-state index in [-0.39, 0.29) is 0 Å². The summed E-state index contributed by atoms with van der Waals surface area (Å²) in [5.74, 6) is 0. The van der Waals surface area contributed by atoms with Crippen LogP contribution >= 0.6 is 0 Å². The van der Waals surface area contributed by atoms with Gasteiger partial charge in [-0.05, 0) is 18.1 Å². The van der Waals surface area contributed by atoms with E-state index in [2.05, 4.69) is 34.4 Å². The van der Waals surface area contributed by atoms with Crippen LogP contribution in [0.25, 0.3) is 0 Å². The molecule has 3 nitrogen and oxygen atoms in total. The second-order valence-electron chi connectivity index (χ2n) is 4.24. The minimum absolute atomic E-state index is 0.900. The van der Waals surface area contributed by atoms with Crippen LogP contribution in [0.3, 0.4) is 0 Å². The van der Waals surface area contributed by atoms with E-state index in [4.69, 9.17) is 0 Å². The van der Waals surface area contributed by atoms with Crippen molar-refractivity contribution in [1.29, 1.82) is 0 Å². The Kier molecular flexibility index (Phi) is 5.90. The van der Waals surface area contributed by atoms with Crippen molar-refractivity contribution in [2.24, 2.45) is 0 Å². The zero-order valence-corrected chi connectivity index (χ0v) is 11.0. The van der Waals surface area contributed by atoms with Gasteiger partial charge in [0.15, 0.2) is 0 Å². The molecule has 0 radical (unpaired) electrons. The molecule has 1 rings (SSSR count). The van der Waals surface area contributed by atoms with E-state index in [0.29, 0.717) is 0 Å². The zero-order chi connectivity index (χ0) is 11.9. The molecule has 0 aliphatic carbocycles. The molecule has 0 aromatic heterocycles. The van der Waals surface area contributed by atoms with Gasteiger partial charge in [0.2, 0.25) is 0 Å². The van der Waals surface area contributed by atoms with Gasteiger partial charge >= 0.3 is 0 Å². The fraction of sp³-hybridized carbons (Fsp3) is 0.333. The summed E-state index contributed by atoms with van der Waals surface area (Å²) >= 11 is 0. The highest BCUT2D eigenvalue weighted by molar-refractivity contribution is 6.91. The number of allylic oxidation sites excluding steroid dienone is 3. The highest BCUT2D eigenvalue weighted by Crippen LogP contribution is 2.25. The minimum atomic E-state index is -1.54. The number of hydrogen-bond donors (Lipinski definition) is 2. The van der Waals surface area contributed by atoms with Gasteiger partial charge in [-0.15, -0.1) is 19.7 Å². The van der Waals surface area contributed by atoms with E-state index in [9.17, 15) is 0 Å². The van der Waals surface area contributed by atoms with Crippen molar-refractivity contribution in [3.05, 3.63) is 38.0 Å². The Bertz CT molecular complexity index is 230. The fourth-order valence-corrected chi connectivity index (χ4v) is 6.09. The topological polar surface area (TPSA) is 27.3 Å². The van der Waals surface area contributed by atoms with Crippen molar-refractivity contribution >= 4 is 30.9 Å². The lowest BCUT2D eigenvalue weighted by molar-refractivity contribution is 0.915. The van der Waals surface area contributed by atoms with E-state index in [1.807, 2.05) is 18.2 Å². The number of nitrogens with zero attached hydrogens (tertiary/aromatic N) is 1. The standard InChI is InChI=1S/C9H20B3N3Si/c1-4-7-16(8-5-2,9-6-3)15-11-13-10-14-12-15/h4-6,10-14H,1-3,7-9H2.